The zero-order chi connectivity index (χ0) is 26.0. The molecule has 36 heavy (non-hydrogen) atoms. The molecule has 0 aromatic heterocycles. The summed E-state index contributed by atoms with van der Waals surface area (Å²) < 4.78 is 39.2. The topological polar surface area (TPSA) is 21.5 Å². The van der Waals surface area contributed by atoms with E-state index < -0.39 is 7.11 Å². The summed E-state index contributed by atoms with van der Waals surface area (Å²) in [5.74, 6) is 0.249. The lowest BCUT2D eigenvalue weighted by Gasteiger charge is -2.34. The van der Waals surface area contributed by atoms with Crippen molar-refractivity contribution in [2.24, 2.45) is 0 Å². The predicted octanol–water partition coefficient (Wildman–Crippen LogP) is 8.24. The summed E-state index contributed by atoms with van der Waals surface area (Å²) in [5, 5.41) is 0. The molecule has 0 N–H and O–H groups in total. The van der Waals surface area contributed by atoms with Gasteiger partial charge in [-0.1, -0.05) is 53.7 Å². The highest BCUT2D eigenvalue weighted by atomic mass is 19.3. The van der Waals surface area contributed by atoms with Crippen molar-refractivity contribution in [2.45, 2.75) is 59.3 Å². The molecular weight excluding hydrogens is 455 g/mol. The number of rotatable bonds is 0. The summed E-state index contributed by atoms with van der Waals surface area (Å²) in [6.07, 6.45) is 9.03. The first-order valence-electron chi connectivity index (χ1n) is 12.4. The molecule has 186 valence electrons. The zero-order valence-electron chi connectivity index (χ0n) is 21.9. The van der Waals surface area contributed by atoms with Crippen molar-refractivity contribution < 1.29 is 17.9 Å². The van der Waals surface area contributed by atoms with Crippen molar-refractivity contribution in [1.29, 1.82) is 0 Å². The van der Waals surface area contributed by atoms with E-state index in [2.05, 4.69) is 87.2 Å². The van der Waals surface area contributed by atoms with Crippen LogP contribution in [0.4, 0.5) is 20.0 Å². The number of halogens is 2. The average Bonchev–Trinajstić information content (AvgIpc) is 3.10. The highest BCUT2D eigenvalue weighted by Crippen LogP contribution is 2.48. The number of benzene rings is 2. The maximum atomic E-state index is 13.8. The minimum atomic E-state index is -4.36. The third-order valence-corrected chi connectivity index (χ3v) is 6.83. The summed E-state index contributed by atoms with van der Waals surface area (Å²) in [4.78, 5) is 0. The van der Waals surface area contributed by atoms with Crippen LogP contribution in [0.3, 0.4) is 0 Å². The van der Waals surface area contributed by atoms with E-state index in [1.165, 1.54) is 35.3 Å². The summed E-state index contributed by atoms with van der Waals surface area (Å²) >= 11 is 0. The predicted molar refractivity (Wildman–Crippen MR) is 145 cm³/mol. The number of allylic oxidation sites excluding steroid dienone is 7. The van der Waals surface area contributed by atoms with Crippen LogP contribution in [-0.4, -0.2) is 12.8 Å². The van der Waals surface area contributed by atoms with E-state index in [1.807, 2.05) is 24.3 Å². The quantitative estimate of drug-likeness (QED) is 0.235. The maximum absolute atomic E-state index is 13.8. The molecule has 3 aliphatic rings. The van der Waals surface area contributed by atoms with Crippen molar-refractivity contribution in [3.63, 3.8) is 0 Å². The van der Waals surface area contributed by atoms with Gasteiger partial charge in [0.2, 0.25) is 17.1 Å². The molecule has 2 aromatic rings. The Morgan fingerprint density at radius 2 is 1.22 bits per heavy atom. The minimum Gasteiger partial charge on any atom is -0.631 e. The Balaban J connectivity index is 1.66. The number of fused-ring (bicyclic) bond motifs is 3. The molecule has 0 unspecified atom stereocenters. The van der Waals surface area contributed by atoms with Gasteiger partial charge in [0.05, 0.1) is 22.6 Å². The van der Waals surface area contributed by atoms with Crippen LogP contribution in [0.1, 0.15) is 59.6 Å². The fourth-order valence-corrected chi connectivity index (χ4v) is 4.80. The van der Waals surface area contributed by atoms with Gasteiger partial charge in [-0.3, -0.25) is 0 Å². The van der Waals surface area contributed by atoms with Crippen LogP contribution in [0.25, 0.3) is 11.1 Å². The molecule has 2 aliphatic heterocycles. The molecule has 0 saturated heterocycles. The molecule has 0 radical (unpaired) electrons. The fourth-order valence-electron chi connectivity index (χ4n) is 4.80. The van der Waals surface area contributed by atoms with Gasteiger partial charge in [0.25, 0.3) is 0 Å². The fraction of sp³-hybridized carbons (Fsp3) is 0.300. The van der Waals surface area contributed by atoms with Crippen molar-refractivity contribution in [3.8, 4) is 11.1 Å². The van der Waals surface area contributed by atoms with Crippen molar-refractivity contribution >= 4 is 24.2 Å². The maximum Gasteiger partial charge on any atom is 0.725 e. The third-order valence-electron chi connectivity index (χ3n) is 6.83. The standard InChI is InChI=1S/C30H32BF2NO2/c1-19-16-28(36-31(32,33)35-19)20-8-12-23(13-9-20)34-26-14-10-21(29(2,3)4)17-24(26)25-18-22(30(5,6)7)11-15-27(25)34/h8-18H,1-7H3. The van der Waals surface area contributed by atoms with Crippen molar-refractivity contribution in [1.82, 2.24) is 4.58 Å². The molecule has 1 aliphatic carbocycles. The van der Waals surface area contributed by atoms with Crippen LogP contribution in [0.5, 0.6) is 0 Å². The second kappa shape index (κ2) is 8.05. The van der Waals surface area contributed by atoms with E-state index >= 15 is 0 Å². The van der Waals surface area contributed by atoms with Crippen LogP contribution >= 0.6 is 0 Å². The van der Waals surface area contributed by atoms with E-state index in [-0.39, 0.29) is 22.3 Å². The Kier molecular flexibility index (Phi) is 5.44. The second-order valence-electron chi connectivity index (χ2n) is 11.7. The summed E-state index contributed by atoms with van der Waals surface area (Å²) in [7, 11) is -4.36. The van der Waals surface area contributed by atoms with Crippen LogP contribution in [-0.2, 0) is 20.1 Å². The normalized spacial score (nSPS) is 18.5. The summed E-state index contributed by atoms with van der Waals surface area (Å²) in [6.45, 7) is 14.9. The van der Waals surface area contributed by atoms with Gasteiger partial charge in [-0.05, 0) is 53.2 Å². The Hall–Kier alpha value is -3.41. The van der Waals surface area contributed by atoms with E-state index in [1.54, 1.807) is 0 Å². The van der Waals surface area contributed by atoms with Crippen LogP contribution in [0.15, 0.2) is 83.9 Å². The lowest BCUT2D eigenvalue weighted by atomic mass is 9.83. The largest absolute Gasteiger partial charge is 0.725 e. The smallest absolute Gasteiger partial charge is 0.631 e. The number of nitrogens with zero attached hydrogens (tertiary/aromatic N) is 1. The van der Waals surface area contributed by atoms with Crippen LogP contribution in [0, 0.1) is 0 Å². The molecule has 0 amide bonds. The van der Waals surface area contributed by atoms with Gasteiger partial charge in [0, 0.05) is 35.9 Å². The van der Waals surface area contributed by atoms with Gasteiger partial charge in [-0.25, -0.2) is 0 Å². The molecule has 5 rings (SSSR count). The minimum absolute atomic E-state index is 0.0298. The average molecular weight is 487 g/mol. The van der Waals surface area contributed by atoms with E-state index in [0.717, 1.165) is 17.1 Å². The van der Waals surface area contributed by atoms with E-state index in [0.29, 0.717) is 5.57 Å². The summed E-state index contributed by atoms with van der Waals surface area (Å²) in [5.41, 5.74) is 8.78. The van der Waals surface area contributed by atoms with Gasteiger partial charge < -0.3 is 17.9 Å². The number of hydrogen-bond acceptors (Lipinski definition) is 2. The van der Waals surface area contributed by atoms with Gasteiger partial charge in [-0.2, -0.15) is 4.58 Å². The van der Waals surface area contributed by atoms with Crippen LogP contribution < -0.4 is 4.58 Å². The molecule has 0 atom stereocenters. The molecule has 6 heteroatoms. The Labute approximate surface area is 212 Å². The second-order valence-corrected chi connectivity index (χ2v) is 11.7. The van der Waals surface area contributed by atoms with Crippen LogP contribution in [0.2, 0.25) is 0 Å². The van der Waals surface area contributed by atoms with E-state index in [4.69, 9.17) is 4.65 Å². The van der Waals surface area contributed by atoms with Gasteiger partial charge in [0.15, 0.2) is 0 Å². The van der Waals surface area contributed by atoms with Gasteiger partial charge in [0.1, 0.15) is 0 Å². The molecule has 0 fully saturated rings. The molecule has 0 saturated carbocycles. The molecule has 0 bridgehead atoms. The molecule has 0 spiro atoms. The van der Waals surface area contributed by atoms with Crippen molar-refractivity contribution in [3.05, 3.63) is 95.0 Å². The molecule has 3 nitrogen and oxygen atoms in total. The number of hydrogen-bond donors (Lipinski definition) is 0. The first-order valence-corrected chi connectivity index (χ1v) is 12.4. The Morgan fingerprint density at radius 1 is 0.722 bits per heavy atom. The Morgan fingerprint density at radius 3 is 1.67 bits per heavy atom. The van der Waals surface area contributed by atoms with Crippen molar-refractivity contribution in [2.75, 3.05) is 0 Å². The molecule has 2 aromatic carbocycles. The zero-order valence-corrected chi connectivity index (χ0v) is 21.9. The highest BCUT2D eigenvalue weighted by Gasteiger charge is 2.38. The molecule has 2 heterocycles. The first-order chi connectivity index (χ1) is 16.7. The lowest BCUT2D eigenvalue weighted by molar-refractivity contribution is 0.143. The monoisotopic (exact) mass is 487 g/mol. The first kappa shape index (κ1) is 24.3. The van der Waals surface area contributed by atoms with E-state index in [9.17, 15) is 8.63 Å². The SMILES string of the molecule is CC1=CC(=C2C=CC(=[N+]3c4ccc(C(C)(C)C)cc4-c4cc(C(C)(C)C)ccc43)C=C2)O[B-](F)(F)O1. The summed E-state index contributed by atoms with van der Waals surface area (Å²) in [6, 6.07) is 13.4. The van der Waals surface area contributed by atoms with Gasteiger partial charge in [-0.15, -0.1) is 0 Å². The Bertz CT molecular complexity index is 1350. The molecular formula is C30H32BF2NO2. The lowest BCUT2D eigenvalue weighted by Crippen LogP contribution is -2.34. The highest BCUT2D eigenvalue weighted by molar-refractivity contribution is 6.52. The van der Waals surface area contributed by atoms with Gasteiger partial charge >= 0.3 is 7.11 Å². The third kappa shape index (κ3) is 4.34.